The predicted molar refractivity (Wildman–Crippen MR) is 95.1 cm³/mol. The molecule has 0 aliphatic carbocycles. The Morgan fingerprint density at radius 3 is 1.32 bits per heavy atom. The average molecular weight is 395 g/mol. The van der Waals surface area contributed by atoms with Crippen LogP contribution in [0.25, 0.3) is 0 Å². The number of hydrogen-bond donors (Lipinski definition) is 0. The van der Waals surface area contributed by atoms with Gasteiger partial charge in [0.1, 0.15) is 17.3 Å². The van der Waals surface area contributed by atoms with Gasteiger partial charge < -0.3 is 4.90 Å². The van der Waals surface area contributed by atoms with Gasteiger partial charge in [0.25, 0.3) is 0 Å². The molecule has 0 aliphatic rings. The fourth-order valence-corrected chi connectivity index (χ4v) is 2.78. The van der Waals surface area contributed by atoms with Crippen molar-refractivity contribution in [3.05, 3.63) is 88.0 Å². The number of aryl methyl sites for hydroxylation is 2. The van der Waals surface area contributed by atoms with Crippen LogP contribution in [0.15, 0.2) is 36.4 Å². The number of anilines is 3. The van der Waals surface area contributed by atoms with Crippen molar-refractivity contribution in [1.29, 1.82) is 0 Å². The Labute approximate surface area is 157 Å². The summed E-state index contributed by atoms with van der Waals surface area (Å²) in [5.74, 6) is -7.91. The fraction of sp³-hybridized carbons (Fsp3) is 0.143. The van der Waals surface area contributed by atoms with Gasteiger partial charge in [-0.2, -0.15) is 0 Å². The second-order valence-electron chi connectivity index (χ2n) is 6.43. The van der Waals surface area contributed by atoms with Gasteiger partial charge in [0.05, 0.1) is 0 Å². The van der Waals surface area contributed by atoms with E-state index in [2.05, 4.69) is 0 Å². The van der Waals surface area contributed by atoms with Crippen molar-refractivity contribution in [2.45, 2.75) is 20.8 Å². The molecular weight excluding hydrogens is 380 g/mol. The van der Waals surface area contributed by atoms with E-state index in [4.69, 9.17) is 0 Å². The summed E-state index contributed by atoms with van der Waals surface area (Å²) >= 11 is 0. The normalized spacial score (nSPS) is 11.0. The summed E-state index contributed by atoms with van der Waals surface area (Å²) in [5.41, 5.74) is -1.70. The summed E-state index contributed by atoms with van der Waals surface area (Å²) in [7, 11) is 0. The lowest BCUT2D eigenvalue weighted by Crippen LogP contribution is -2.17. The van der Waals surface area contributed by atoms with Gasteiger partial charge in [-0.15, -0.1) is 0 Å². The fourth-order valence-electron chi connectivity index (χ4n) is 2.78. The van der Waals surface area contributed by atoms with Crippen LogP contribution in [0, 0.1) is 55.7 Å². The van der Waals surface area contributed by atoms with Crippen LogP contribution in [0.4, 0.5) is 43.4 Å². The lowest BCUT2D eigenvalue weighted by atomic mass is 10.1. The van der Waals surface area contributed by atoms with Crippen LogP contribution in [0.3, 0.4) is 0 Å². The average Bonchev–Trinajstić information content (AvgIpc) is 2.67. The quantitative estimate of drug-likeness (QED) is 0.344. The van der Waals surface area contributed by atoms with Crippen molar-refractivity contribution >= 4 is 17.1 Å². The number of nitrogens with zero attached hydrogens (tertiary/aromatic N) is 1. The molecule has 0 unspecified atom stereocenters. The van der Waals surface area contributed by atoms with Crippen LogP contribution in [0.5, 0.6) is 0 Å². The van der Waals surface area contributed by atoms with Gasteiger partial charge >= 0.3 is 0 Å². The minimum Gasteiger partial charge on any atom is -0.305 e. The molecule has 0 amide bonds. The van der Waals surface area contributed by atoms with Crippen LogP contribution in [-0.4, -0.2) is 0 Å². The van der Waals surface area contributed by atoms with E-state index in [1.807, 2.05) is 0 Å². The van der Waals surface area contributed by atoms with Crippen LogP contribution in [0.1, 0.15) is 16.7 Å². The van der Waals surface area contributed by atoms with E-state index >= 15 is 0 Å². The van der Waals surface area contributed by atoms with Crippen molar-refractivity contribution in [3.63, 3.8) is 0 Å². The monoisotopic (exact) mass is 395 g/mol. The first-order chi connectivity index (χ1) is 13.1. The predicted octanol–water partition coefficient (Wildman–Crippen LogP) is 6.92. The highest BCUT2D eigenvalue weighted by Gasteiger charge is 2.29. The largest absolute Gasteiger partial charge is 0.305 e. The third kappa shape index (κ3) is 3.21. The first kappa shape index (κ1) is 19.8. The Bertz CT molecular complexity index is 996. The van der Waals surface area contributed by atoms with E-state index in [0.29, 0.717) is 0 Å². The minimum absolute atomic E-state index is 0.133. The second-order valence-corrected chi connectivity index (χ2v) is 6.43. The molecule has 0 N–H and O–H groups in total. The molecule has 0 fully saturated rings. The Morgan fingerprint density at radius 1 is 0.571 bits per heavy atom. The third-order valence-corrected chi connectivity index (χ3v) is 4.51. The zero-order chi connectivity index (χ0) is 20.7. The van der Waals surface area contributed by atoms with E-state index in [1.165, 1.54) is 38.1 Å². The van der Waals surface area contributed by atoms with Crippen LogP contribution in [-0.2, 0) is 0 Å². The Balaban J connectivity index is 2.38. The topological polar surface area (TPSA) is 3.24 Å². The van der Waals surface area contributed by atoms with Crippen molar-refractivity contribution in [2.24, 2.45) is 0 Å². The maximum atomic E-state index is 14.7. The Morgan fingerprint density at radius 2 is 0.964 bits per heavy atom. The number of hydrogen-bond acceptors (Lipinski definition) is 1. The molecule has 0 aromatic heterocycles. The van der Waals surface area contributed by atoms with Gasteiger partial charge in [-0.25, -0.2) is 26.3 Å². The third-order valence-electron chi connectivity index (χ3n) is 4.51. The molecule has 146 valence electrons. The number of benzene rings is 3. The molecule has 3 aromatic carbocycles. The summed E-state index contributed by atoms with van der Waals surface area (Å²) in [6, 6.07) is 7.18. The molecule has 0 spiro atoms. The van der Waals surface area contributed by atoms with Crippen molar-refractivity contribution < 1.29 is 26.3 Å². The van der Waals surface area contributed by atoms with E-state index < -0.39 is 46.2 Å². The first-order valence-corrected chi connectivity index (χ1v) is 8.28. The van der Waals surface area contributed by atoms with Crippen LogP contribution < -0.4 is 4.90 Å². The smallest absolute Gasteiger partial charge is 0.186 e. The minimum atomic E-state index is -1.67. The highest BCUT2D eigenvalue weighted by Crippen LogP contribution is 2.41. The molecule has 7 heteroatoms. The zero-order valence-corrected chi connectivity index (χ0v) is 15.2. The van der Waals surface area contributed by atoms with Crippen molar-refractivity contribution in [2.75, 3.05) is 4.90 Å². The lowest BCUT2D eigenvalue weighted by molar-refractivity contribution is 0.448. The summed E-state index contributed by atoms with van der Waals surface area (Å²) in [6.07, 6.45) is 0. The zero-order valence-electron chi connectivity index (χ0n) is 15.2. The van der Waals surface area contributed by atoms with E-state index in [1.54, 1.807) is 0 Å². The molecule has 0 atom stereocenters. The SMILES string of the molecule is Cc1ccc(N(c2ccc(C)c(F)c2)c2c(F)c(F)c(C)c(F)c2F)cc1F. The number of halogens is 6. The van der Waals surface area contributed by atoms with Gasteiger partial charge in [0.15, 0.2) is 23.3 Å². The molecule has 0 saturated carbocycles. The lowest BCUT2D eigenvalue weighted by Gasteiger charge is -2.27. The van der Waals surface area contributed by atoms with Gasteiger partial charge in [-0.05, 0) is 56.2 Å². The summed E-state index contributed by atoms with van der Waals surface area (Å²) < 4.78 is 85.9. The maximum absolute atomic E-state index is 14.7. The maximum Gasteiger partial charge on any atom is 0.186 e. The summed E-state index contributed by atoms with van der Waals surface area (Å²) in [6.45, 7) is 3.84. The highest BCUT2D eigenvalue weighted by molar-refractivity contribution is 5.78. The van der Waals surface area contributed by atoms with Crippen LogP contribution in [0.2, 0.25) is 0 Å². The van der Waals surface area contributed by atoms with E-state index in [-0.39, 0.29) is 22.5 Å². The molecule has 0 aliphatic heterocycles. The Kier molecular flexibility index (Phi) is 5.10. The molecule has 3 aromatic rings. The molecular formula is C21H15F6N. The van der Waals surface area contributed by atoms with Crippen LogP contribution >= 0.6 is 0 Å². The highest BCUT2D eigenvalue weighted by atomic mass is 19.2. The molecule has 0 bridgehead atoms. The van der Waals surface area contributed by atoms with Gasteiger partial charge in [-0.1, -0.05) is 12.1 Å². The van der Waals surface area contributed by atoms with E-state index in [0.717, 1.165) is 24.0 Å². The second kappa shape index (κ2) is 7.22. The Hall–Kier alpha value is -2.96. The standard InChI is InChI=1S/C21H15F6N/c1-10-4-6-13(8-15(10)22)28(14-7-5-11(2)16(23)9-14)21-19(26)17(24)12(3)18(25)20(21)27/h4-9H,1-3H3. The van der Waals surface area contributed by atoms with Gasteiger partial charge in [0, 0.05) is 16.9 Å². The summed E-state index contributed by atoms with van der Waals surface area (Å²) in [4.78, 5) is 0.737. The molecule has 0 saturated heterocycles. The summed E-state index contributed by atoms with van der Waals surface area (Å²) in [5, 5.41) is 0. The van der Waals surface area contributed by atoms with Gasteiger partial charge in [0.2, 0.25) is 0 Å². The van der Waals surface area contributed by atoms with Gasteiger partial charge in [-0.3, -0.25) is 0 Å². The molecule has 0 radical (unpaired) electrons. The molecule has 28 heavy (non-hydrogen) atoms. The molecule has 1 nitrogen and oxygen atoms in total. The molecule has 0 heterocycles. The number of rotatable bonds is 3. The molecule has 3 rings (SSSR count). The first-order valence-electron chi connectivity index (χ1n) is 8.28. The van der Waals surface area contributed by atoms with E-state index in [9.17, 15) is 26.3 Å². The van der Waals surface area contributed by atoms with Crippen molar-refractivity contribution in [3.8, 4) is 0 Å². The van der Waals surface area contributed by atoms with Crippen molar-refractivity contribution in [1.82, 2.24) is 0 Å².